The highest BCUT2D eigenvalue weighted by molar-refractivity contribution is 5.49. The summed E-state index contributed by atoms with van der Waals surface area (Å²) in [5.74, 6) is 0. The summed E-state index contributed by atoms with van der Waals surface area (Å²) in [6, 6.07) is 8.80. The smallest absolute Gasteiger partial charge is 0.00777 e. The lowest BCUT2D eigenvalue weighted by Gasteiger charge is -2.29. The Labute approximate surface area is 100 Å². The number of hydrogen-bond acceptors (Lipinski definition) is 0. The molecular formula is C16H24. The van der Waals surface area contributed by atoms with Crippen molar-refractivity contribution in [3.8, 4) is 0 Å². The molecule has 1 aromatic rings. The average Bonchev–Trinajstić information content (AvgIpc) is 2.36. The van der Waals surface area contributed by atoms with Crippen molar-refractivity contribution in [2.24, 2.45) is 0 Å². The van der Waals surface area contributed by atoms with Crippen molar-refractivity contribution in [3.63, 3.8) is 0 Å². The first-order chi connectivity index (χ1) is 7.66. The van der Waals surface area contributed by atoms with Crippen LogP contribution in [0.3, 0.4) is 0 Å². The monoisotopic (exact) mass is 216 g/mol. The molecule has 0 heteroatoms. The van der Waals surface area contributed by atoms with E-state index < -0.39 is 0 Å². The summed E-state index contributed by atoms with van der Waals surface area (Å²) in [6.45, 7) is 10.8. The van der Waals surface area contributed by atoms with Crippen LogP contribution in [-0.2, 0) is 5.41 Å². The van der Waals surface area contributed by atoms with Crippen LogP contribution in [0.4, 0.5) is 0 Å². The van der Waals surface area contributed by atoms with Gasteiger partial charge in [-0.15, -0.1) is 0 Å². The summed E-state index contributed by atoms with van der Waals surface area (Å²) in [5.41, 5.74) is 3.02. The highest BCUT2D eigenvalue weighted by Gasteiger charge is 2.23. The van der Waals surface area contributed by atoms with Gasteiger partial charge in [-0.25, -0.2) is 0 Å². The molecule has 88 valence electrons. The maximum absolute atomic E-state index is 3.84. The Bertz CT molecular complexity index is 338. The molecule has 0 unspecified atom stereocenters. The second-order valence-corrected chi connectivity index (χ2v) is 4.85. The van der Waals surface area contributed by atoms with Crippen LogP contribution in [0.2, 0.25) is 0 Å². The van der Waals surface area contributed by atoms with Crippen molar-refractivity contribution in [1.29, 1.82) is 0 Å². The van der Waals surface area contributed by atoms with E-state index in [1.165, 1.54) is 36.8 Å². The number of rotatable bonds is 6. The summed E-state index contributed by atoms with van der Waals surface area (Å²) < 4.78 is 0. The Morgan fingerprint density at radius 1 is 1.31 bits per heavy atom. The van der Waals surface area contributed by atoms with Gasteiger partial charge in [0.1, 0.15) is 0 Å². The Hall–Kier alpha value is -1.04. The van der Waals surface area contributed by atoms with Gasteiger partial charge in [-0.05, 0) is 29.4 Å². The molecule has 1 rings (SSSR count). The minimum atomic E-state index is 0.328. The largest absolute Gasteiger partial charge is 0.0985 e. The quantitative estimate of drug-likeness (QED) is 0.614. The molecule has 0 N–H and O–H groups in total. The second kappa shape index (κ2) is 5.89. The molecule has 0 aliphatic rings. The third-order valence-corrected chi connectivity index (χ3v) is 3.68. The number of hydrogen-bond donors (Lipinski definition) is 0. The van der Waals surface area contributed by atoms with Gasteiger partial charge >= 0.3 is 0 Å². The molecule has 0 aliphatic carbocycles. The molecule has 0 saturated heterocycles. The summed E-state index contributed by atoms with van der Waals surface area (Å²) in [7, 11) is 0. The van der Waals surface area contributed by atoms with Crippen molar-refractivity contribution in [1.82, 2.24) is 0 Å². The first-order valence-electron chi connectivity index (χ1n) is 6.39. The SMILES string of the molecule is C=Cc1cccc([C@@](C)(CC)CCCC)c1. The minimum Gasteiger partial charge on any atom is -0.0985 e. The molecule has 0 saturated carbocycles. The van der Waals surface area contributed by atoms with Gasteiger partial charge in [0.2, 0.25) is 0 Å². The lowest BCUT2D eigenvalue weighted by Crippen LogP contribution is -2.20. The molecule has 0 heterocycles. The number of benzene rings is 1. The van der Waals surface area contributed by atoms with Gasteiger partial charge in [0.15, 0.2) is 0 Å². The molecule has 0 nitrogen and oxygen atoms in total. The maximum Gasteiger partial charge on any atom is -0.00777 e. The molecule has 0 radical (unpaired) electrons. The Kier molecular flexibility index (Phi) is 4.79. The predicted molar refractivity (Wildman–Crippen MR) is 73.7 cm³/mol. The molecule has 0 spiro atoms. The van der Waals surface area contributed by atoms with Crippen molar-refractivity contribution >= 4 is 6.08 Å². The van der Waals surface area contributed by atoms with E-state index in [1.54, 1.807) is 0 Å². The topological polar surface area (TPSA) is 0 Å². The van der Waals surface area contributed by atoms with E-state index in [0.717, 1.165) is 0 Å². The van der Waals surface area contributed by atoms with Crippen molar-refractivity contribution in [3.05, 3.63) is 42.0 Å². The third-order valence-electron chi connectivity index (χ3n) is 3.68. The minimum absolute atomic E-state index is 0.328. The fourth-order valence-electron chi connectivity index (χ4n) is 2.13. The van der Waals surface area contributed by atoms with Gasteiger partial charge in [-0.3, -0.25) is 0 Å². The molecule has 1 aromatic carbocycles. The molecule has 0 aliphatic heterocycles. The van der Waals surface area contributed by atoms with Gasteiger partial charge in [-0.2, -0.15) is 0 Å². The van der Waals surface area contributed by atoms with Gasteiger partial charge in [0, 0.05) is 0 Å². The molecule has 0 bridgehead atoms. The zero-order chi connectivity index (χ0) is 12.0. The first-order valence-corrected chi connectivity index (χ1v) is 6.39. The highest BCUT2D eigenvalue weighted by Crippen LogP contribution is 2.33. The molecule has 16 heavy (non-hydrogen) atoms. The summed E-state index contributed by atoms with van der Waals surface area (Å²) in [4.78, 5) is 0. The standard InChI is InChI=1S/C16H24/c1-5-8-12-16(4,7-3)15-11-9-10-14(6-2)13-15/h6,9-11,13H,2,5,7-8,12H2,1,3-4H3/t16-/m0/s1. The van der Waals surface area contributed by atoms with Crippen LogP contribution in [0.1, 0.15) is 57.6 Å². The van der Waals surface area contributed by atoms with Crippen molar-refractivity contribution in [2.75, 3.05) is 0 Å². The molecule has 0 amide bonds. The highest BCUT2D eigenvalue weighted by atomic mass is 14.3. The number of unbranched alkanes of at least 4 members (excludes halogenated alkanes) is 1. The second-order valence-electron chi connectivity index (χ2n) is 4.85. The summed E-state index contributed by atoms with van der Waals surface area (Å²) >= 11 is 0. The van der Waals surface area contributed by atoms with Crippen LogP contribution in [0.15, 0.2) is 30.8 Å². The third kappa shape index (κ3) is 2.98. The van der Waals surface area contributed by atoms with E-state index in [2.05, 4.69) is 51.6 Å². The van der Waals surface area contributed by atoms with Crippen LogP contribution in [0, 0.1) is 0 Å². The Morgan fingerprint density at radius 2 is 2.06 bits per heavy atom. The van der Waals surface area contributed by atoms with Crippen LogP contribution in [0.25, 0.3) is 6.08 Å². The normalized spacial score (nSPS) is 14.4. The van der Waals surface area contributed by atoms with Crippen molar-refractivity contribution in [2.45, 2.75) is 51.9 Å². The lowest BCUT2D eigenvalue weighted by molar-refractivity contribution is 0.403. The maximum atomic E-state index is 3.84. The van der Waals surface area contributed by atoms with E-state index in [4.69, 9.17) is 0 Å². The fraction of sp³-hybridized carbons (Fsp3) is 0.500. The van der Waals surface area contributed by atoms with E-state index in [-0.39, 0.29) is 0 Å². The van der Waals surface area contributed by atoms with E-state index in [9.17, 15) is 0 Å². The van der Waals surface area contributed by atoms with Crippen LogP contribution in [-0.4, -0.2) is 0 Å². The van der Waals surface area contributed by atoms with Gasteiger partial charge in [-0.1, -0.05) is 70.5 Å². The Morgan fingerprint density at radius 3 is 2.62 bits per heavy atom. The molecular weight excluding hydrogens is 192 g/mol. The summed E-state index contributed by atoms with van der Waals surface area (Å²) in [6.07, 6.45) is 6.99. The Balaban J connectivity index is 2.96. The zero-order valence-electron chi connectivity index (χ0n) is 10.9. The van der Waals surface area contributed by atoms with E-state index in [1.807, 2.05) is 6.08 Å². The predicted octanol–water partition coefficient (Wildman–Crippen LogP) is 5.19. The lowest BCUT2D eigenvalue weighted by atomic mass is 9.76. The van der Waals surface area contributed by atoms with Crippen LogP contribution >= 0.6 is 0 Å². The van der Waals surface area contributed by atoms with Crippen LogP contribution in [0.5, 0.6) is 0 Å². The van der Waals surface area contributed by atoms with E-state index in [0.29, 0.717) is 5.41 Å². The first kappa shape index (κ1) is 13.0. The van der Waals surface area contributed by atoms with Gasteiger partial charge in [0.05, 0.1) is 0 Å². The van der Waals surface area contributed by atoms with Gasteiger partial charge in [0.25, 0.3) is 0 Å². The van der Waals surface area contributed by atoms with Gasteiger partial charge < -0.3 is 0 Å². The average molecular weight is 216 g/mol. The zero-order valence-corrected chi connectivity index (χ0v) is 10.9. The molecule has 0 fully saturated rings. The molecule has 1 atom stereocenters. The van der Waals surface area contributed by atoms with Crippen LogP contribution < -0.4 is 0 Å². The van der Waals surface area contributed by atoms with Crippen molar-refractivity contribution < 1.29 is 0 Å². The fourth-order valence-corrected chi connectivity index (χ4v) is 2.13. The molecule has 0 aromatic heterocycles. The van der Waals surface area contributed by atoms with E-state index >= 15 is 0 Å². The summed E-state index contributed by atoms with van der Waals surface area (Å²) in [5, 5.41) is 0.